The number of hydrogen-bond donors (Lipinski definition) is 1. The number of nitrogens with zero attached hydrogens (tertiary/aromatic N) is 2. The van der Waals surface area contributed by atoms with E-state index in [-0.39, 0.29) is 0 Å². The molecule has 1 N–H and O–H groups in total. The zero-order valence-corrected chi connectivity index (χ0v) is 11.6. The second-order valence-corrected chi connectivity index (χ2v) is 6.02. The Morgan fingerprint density at radius 3 is 2.76 bits per heavy atom. The van der Waals surface area contributed by atoms with Crippen molar-refractivity contribution in [2.75, 3.05) is 30.9 Å². The van der Waals surface area contributed by atoms with Crippen LogP contribution in [0.25, 0.3) is 0 Å². The second-order valence-electron chi connectivity index (χ2n) is 4.60. The highest BCUT2D eigenvalue weighted by molar-refractivity contribution is 8.15. The first-order valence-electron chi connectivity index (χ1n) is 5.82. The Balaban J connectivity index is 2.14. The van der Waals surface area contributed by atoms with Gasteiger partial charge in [-0.05, 0) is 24.6 Å². The van der Waals surface area contributed by atoms with E-state index in [2.05, 4.69) is 61.4 Å². The van der Waals surface area contributed by atoms with Gasteiger partial charge >= 0.3 is 0 Å². The monoisotopic (exact) mass is 249 g/mol. The van der Waals surface area contributed by atoms with Crippen molar-refractivity contribution < 1.29 is 0 Å². The summed E-state index contributed by atoms with van der Waals surface area (Å²) >= 11 is 1.80. The third-order valence-corrected chi connectivity index (χ3v) is 3.75. The molecule has 4 heteroatoms. The van der Waals surface area contributed by atoms with Gasteiger partial charge in [0.25, 0.3) is 0 Å². The molecule has 1 aromatic carbocycles. The maximum Gasteiger partial charge on any atom is 0.161 e. The summed E-state index contributed by atoms with van der Waals surface area (Å²) in [5.74, 6) is 0. The van der Waals surface area contributed by atoms with Crippen LogP contribution in [0.2, 0.25) is 0 Å². The lowest BCUT2D eigenvalue weighted by atomic mass is 10.1. The average molecular weight is 249 g/mol. The van der Waals surface area contributed by atoms with Gasteiger partial charge < -0.3 is 10.2 Å². The quantitative estimate of drug-likeness (QED) is 0.873. The van der Waals surface area contributed by atoms with Crippen molar-refractivity contribution in [2.24, 2.45) is 4.99 Å². The zero-order chi connectivity index (χ0) is 12.4. The highest BCUT2D eigenvalue weighted by Crippen LogP contribution is 2.26. The van der Waals surface area contributed by atoms with Crippen LogP contribution >= 0.6 is 11.8 Å². The van der Waals surface area contributed by atoms with Crippen LogP contribution in [0, 0.1) is 6.92 Å². The minimum Gasteiger partial charge on any atom is -0.377 e. The number of nitrogens with one attached hydrogen (secondary N) is 1. The molecule has 0 amide bonds. The fourth-order valence-electron chi connectivity index (χ4n) is 1.84. The van der Waals surface area contributed by atoms with Gasteiger partial charge in [-0.1, -0.05) is 24.8 Å². The molecule has 0 bridgehead atoms. The molecule has 0 saturated heterocycles. The molecular weight excluding hydrogens is 230 g/mol. The number of aryl methyl sites for hydroxylation is 1. The molecule has 0 radical (unpaired) electrons. The van der Waals surface area contributed by atoms with Crippen LogP contribution in [0.4, 0.5) is 11.4 Å². The first kappa shape index (κ1) is 12.3. The molecule has 1 unspecified atom stereocenters. The number of amidine groups is 1. The number of rotatable bonds is 2. The van der Waals surface area contributed by atoms with Crippen LogP contribution in [0.1, 0.15) is 12.5 Å². The molecule has 2 rings (SSSR count). The summed E-state index contributed by atoms with van der Waals surface area (Å²) in [5, 5.41) is 5.01. The SMILES string of the molecule is Cc1ccc(NC2=NCC(C)S2)cc1N(C)C. The highest BCUT2D eigenvalue weighted by atomic mass is 32.2. The molecule has 0 spiro atoms. The van der Waals surface area contributed by atoms with Crippen LogP contribution in [0.15, 0.2) is 23.2 Å². The maximum absolute atomic E-state index is 4.46. The zero-order valence-electron chi connectivity index (χ0n) is 10.8. The van der Waals surface area contributed by atoms with E-state index in [1.54, 1.807) is 11.8 Å². The second kappa shape index (κ2) is 5.00. The van der Waals surface area contributed by atoms with Gasteiger partial charge in [0.05, 0.1) is 6.54 Å². The van der Waals surface area contributed by atoms with E-state index in [1.807, 2.05) is 0 Å². The van der Waals surface area contributed by atoms with Crippen molar-refractivity contribution in [2.45, 2.75) is 19.1 Å². The summed E-state index contributed by atoms with van der Waals surface area (Å²) < 4.78 is 0. The lowest BCUT2D eigenvalue weighted by molar-refractivity contribution is 0.976. The van der Waals surface area contributed by atoms with Gasteiger partial charge in [-0.3, -0.25) is 4.99 Å². The van der Waals surface area contributed by atoms with Crippen molar-refractivity contribution >= 4 is 28.3 Å². The molecule has 1 atom stereocenters. The van der Waals surface area contributed by atoms with E-state index in [0.29, 0.717) is 5.25 Å². The Labute approximate surface area is 107 Å². The first-order chi connectivity index (χ1) is 8.06. The summed E-state index contributed by atoms with van der Waals surface area (Å²) in [6.07, 6.45) is 0. The fourth-order valence-corrected chi connectivity index (χ4v) is 2.69. The van der Waals surface area contributed by atoms with E-state index in [9.17, 15) is 0 Å². The fraction of sp³-hybridized carbons (Fsp3) is 0.462. The molecule has 92 valence electrons. The minimum atomic E-state index is 0.594. The number of anilines is 2. The van der Waals surface area contributed by atoms with Gasteiger partial charge in [0, 0.05) is 30.7 Å². The predicted octanol–water partition coefficient (Wildman–Crippen LogP) is 2.96. The molecule has 3 nitrogen and oxygen atoms in total. The highest BCUT2D eigenvalue weighted by Gasteiger charge is 2.15. The molecule has 0 fully saturated rings. The van der Waals surface area contributed by atoms with E-state index in [0.717, 1.165) is 17.4 Å². The standard InChI is InChI=1S/C13H19N3S/c1-9-5-6-11(7-12(9)16(3)4)15-13-14-8-10(2)17-13/h5-7,10H,8H2,1-4H3,(H,14,15). The van der Waals surface area contributed by atoms with E-state index < -0.39 is 0 Å². The Morgan fingerprint density at radius 1 is 1.41 bits per heavy atom. The minimum absolute atomic E-state index is 0.594. The van der Waals surface area contributed by atoms with Gasteiger partial charge in [0.2, 0.25) is 0 Å². The molecule has 0 aromatic heterocycles. The van der Waals surface area contributed by atoms with E-state index in [1.165, 1.54) is 11.3 Å². The van der Waals surface area contributed by atoms with E-state index >= 15 is 0 Å². The third kappa shape index (κ3) is 2.94. The van der Waals surface area contributed by atoms with Gasteiger partial charge in [0.15, 0.2) is 5.17 Å². The molecular formula is C13H19N3S. The van der Waals surface area contributed by atoms with Crippen LogP contribution < -0.4 is 10.2 Å². The molecule has 1 aliphatic heterocycles. The normalized spacial score (nSPS) is 19.1. The molecule has 0 aliphatic carbocycles. The molecule has 1 heterocycles. The molecule has 1 aromatic rings. The van der Waals surface area contributed by atoms with Crippen molar-refractivity contribution in [1.82, 2.24) is 0 Å². The van der Waals surface area contributed by atoms with Gasteiger partial charge in [-0.2, -0.15) is 0 Å². The number of thioether (sulfide) groups is 1. The smallest absolute Gasteiger partial charge is 0.161 e. The molecule has 17 heavy (non-hydrogen) atoms. The Bertz CT molecular complexity index is 440. The molecule has 1 aliphatic rings. The Hall–Kier alpha value is -1.16. The lowest BCUT2D eigenvalue weighted by Crippen LogP contribution is -2.12. The summed E-state index contributed by atoms with van der Waals surface area (Å²) in [6.45, 7) is 5.24. The van der Waals surface area contributed by atoms with Crippen molar-refractivity contribution in [1.29, 1.82) is 0 Å². The Kier molecular flexibility index (Phi) is 3.62. The lowest BCUT2D eigenvalue weighted by Gasteiger charge is -2.17. The topological polar surface area (TPSA) is 27.6 Å². The summed E-state index contributed by atoms with van der Waals surface area (Å²) in [5.41, 5.74) is 3.64. The van der Waals surface area contributed by atoms with Crippen LogP contribution in [-0.4, -0.2) is 31.1 Å². The van der Waals surface area contributed by atoms with Crippen LogP contribution in [0.5, 0.6) is 0 Å². The predicted molar refractivity (Wildman–Crippen MR) is 78.5 cm³/mol. The van der Waals surface area contributed by atoms with Crippen LogP contribution in [-0.2, 0) is 0 Å². The number of aliphatic imine (C=N–C) groups is 1. The van der Waals surface area contributed by atoms with Crippen molar-refractivity contribution in [3.63, 3.8) is 0 Å². The Morgan fingerprint density at radius 2 is 2.18 bits per heavy atom. The third-order valence-electron chi connectivity index (χ3n) is 2.75. The van der Waals surface area contributed by atoms with Crippen LogP contribution in [0.3, 0.4) is 0 Å². The number of benzene rings is 1. The first-order valence-corrected chi connectivity index (χ1v) is 6.70. The summed E-state index contributed by atoms with van der Waals surface area (Å²) in [7, 11) is 4.13. The van der Waals surface area contributed by atoms with Gasteiger partial charge in [-0.25, -0.2) is 0 Å². The summed E-state index contributed by atoms with van der Waals surface area (Å²) in [6, 6.07) is 6.41. The maximum atomic E-state index is 4.46. The largest absolute Gasteiger partial charge is 0.377 e. The van der Waals surface area contributed by atoms with Crippen molar-refractivity contribution in [3.8, 4) is 0 Å². The summed E-state index contributed by atoms with van der Waals surface area (Å²) in [4.78, 5) is 6.60. The van der Waals surface area contributed by atoms with E-state index in [4.69, 9.17) is 0 Å². The average Bonchev–Trinajstić information content (AvgIpc) is 2.66. The molecule has 0 saturated carbocycles. The van der Waals surface area contributed by atoms with Crippen molar-refractivity contribution in [3.05, 3.63) is 23.8 Å². The van der Waals surface area contributed by atoms with Gasteiger partial charge in [0.1, 0.15) is 0 Å². The van der Waals surface area contributed by atoms with Gasteiger partial charge in [-0.15, -0.1) is 0 Å². The number of hydrogen-bond acceptors (Lipinski definition) is 4.